The maximum absolute atomic E-state index is 9.67. The van der Waals surface area contributed by atoms with Crippen LogP contribution in [0.1, 0.15) is 28.3 Å². The number of rotatable bonds is 3. The molecule has 4 aromatic rings. The molecule has 0 fully saturated rings. The number of allylic oxidation sites excluding steroid dienone is 1. The van der Waals surface area contributed by atoms with Crippen LogP contribution in [0.2, 0.25) is 0 Å². The van der Waals surface area contributed by atoms with E-state index in [9.17, 15) is 10.5 Å². The van der Waals surface area contributed by atoms with Gasteiger partial charge in [-0.1, -0.05) is 12.1 Å². The summed E-state index contributed by atoms with van der Waals surface area (Å²) in [5.41, 5.74) is 5.78. The Hall–Kier alpha value is -3.61. The molecule has 0 bridgehead atoms. The van der Waals surface area contributed by atoms with E-state index in [4.69, 9.17) is 0 Å². The molecule has 1 N–H and O–H groups in total. The van der Waals surface area contributed by atoms with E-state index < -0.39 is 0 Å². The number of para-hydroxylation sites is 2. The van der Waals surface area contributed by atoms with Gasteiger partial charge in [0.15, 0.2) is 0 Å². The Bertz CT molecular complexity index is 1240. The summed E-state index contributed by atoms with van der Waals surface area (Å²) < 4.78 is 2.06. The number of hydrogen-bond donors (Lipinski definition) is 1. The largest absolute Gasteiger partial charge is 0.337 e. The number of nitrogens with one attached hydrogen (secondary N) is 1. The average Bonchev–Trinajstić information content (AvgIpc) is 3.36. The zero-order valence-electron chi connectivity index (χ0n) is 14.8. The Labute approximate surface area is 160 Å². The van der Waals surface area contributed by atoms with Crippen molar-refractivity contribution in [1.29, 1.82) is 10.5 Å². The van der Waals surface area contributed by atoms with E-state index in [-0.39, 0.29) is 0 Å². The maximum Gasteiger partial charge on any atom is 0.149 e. The Balaban J connectivity index is 1.82. The summed E-state index contributed by atoms with van der Waals surface area (Å²) in [6.07, 6.45) is 1.84. The van der Waals surface area contributed by atoms with Crippen LogP contribution >= 0.6 is 11.3 Å². The third-order valence-electron chi connectivity index (χ3n) is 4.50. The molecule has 0 saturated heterocycles. The van der Waals surface area contributed by atoms with Crippen LogP contribution in [-0.4, -0.2) is 14.5 Å². The number of nitriles is 2. The number of aryl methyl sites for hydroxylation is 1. The minimum Gasteiger partial charge on any atom is -0.337 e. The van der Waals surface area contributed by atoms with Crippen molar-refractivity contribution < 1.29 is 0 Å². The van der Waals surface area contributed by atoms with Gasteiger partial charge < -0.3 is 9.55 Å². The van der Waals surface area contributed by atoms with Crippen molar-refractivity contribution in [3.8, 4) is 17.1 Å². The van der Waals surface area contributed by atoms with Crippen molar-refractivity contribution in [2.75, 3.05) is 0 Å². The van der Waals surface area contributed by atoms with Crippen molar-refractivity contribution in [3.05, 3.63) is 70.1 Å². The predicted octanol–water partition coefficient (Wildman–Crippen LogP) is 4.97. The number of aromatic nitrogens is 3. The lowest BCUT2D eigenvalue weighted by molar-refractivity contribution is 0.981. The third kappa shape index (κ3) is 2.83. The number of nitrogens with zero attached hydrogens (tertiary/aromatic N) is 4. The summed E-state index contributed by atoms with van der Waals surface area (Å²) in [7, 11) is 0. The highest BCUT2D eigenvalue weighted by Crippen LogP contribution is 2.29. The fourth-order valence-electron chi connectivity index (χ4n) is 3.20. The van der Waals surface area contributed by atoms with Gasteiger partial charge in [-0.25, -0.2) is 4.98 Å². The molecule has 5 nitrogen and oxygen atoms in total. The van der Waals surface area contributed by atoms with Gasteiger partial charge in [-0.15, -0.1) is 11.3 Å². The van der Waals surface area contributed by atoms with Crippen molar-refractivity contribution in [2.45, 2.75) is 13.8 Å². The van der Waals surface area contributed by atoms with Gasteiger partial charge >= 0.3 is 0 Å². The van der Waals surface area contributed by atoms with Gasteiger partial charge in [0, 0.05) is 11.4 Å². The molecule has 130 valence electrons. The summed E-state index contributed by atoms with van der Waals surface area (Å²) >= 11 is 1.53. The monoisotopic (exact) mass is 369 g/mol. The lowest BCUT2D eigenvalue weighted by Crippen LogP contribution is -1.98. The molecular formula is C21H15N5S. The second-order valence-corrected chi connectivity index (χ2v) is 7.08. The summed E-state index contributed by atoms with van der Waals surface area (Å²) in [4.78, 5) is 7.73. The third-order valence-corrected chi connectivity index (χ3v) is 5.40. The smallest absolute Gasteiger partial charge is 0.149 e. The molecule has 3 heterocycles. The number of hydrogen-bond acceptors (Lipinski definition) is 4. The van der Waals surface area contributed by atoms with Gasteiger partial charge in [-0.2, -0.15) is 10.5 Å². The first kappa shape index (κ1) is 16.8. The first-order valence-electron chi connectivity index (χ1n) is 8.36. The molecule has 0 spiro atoms. The minimum absolute atomic E-state index is 0.470. The Morgan fingerprint density at radius 2 is 2.04 bits per heavy atom. The van der Waals surface area contributed by atoms with Gasteiger partial charge in [0.2, 0.25) is 0 Å². The van der Waals surface area contributed by atoms with Crippen molar-refractivity contribution >= 4 is 34.0 Å². The normalized spacial score (nSPS) is 11.5. The molecule has 0 amide bonds. The van der Waals surface area contributed by atoms with E-state index in [1.807, 2.05) is 61.7 Å². The summed E-state index contributed by atoms with van der Waals surface area (Å²) in [6.45, 7) is 3.99. The Kier molecular flexibility index (Phi) is 4.12. The van der Waals surface area contributed by atoms with E-state index in [1.165, 1.54) is 11.3 Å². The van der Waals surface area contributed by atoms with Crippen LogP contribution in [0.3, 0.4) is 0 Å². The zero-order valence-corrected chi connectivity index (χ0v) is 15.6. The number of benzene rings is 1. The molecule has 6 heteroatoms. The number of thiophene rings is 1. The van der Waals surface area contributed by atoms with Crippen LogP contribution in [0.25, 0.3) is 27.7 Å². The topological polar surface area (TPSA) is 81.2 Å². The molecule has 0 atom stereocenters. The van der Waals surface area contributed by atoms with Gasteiger partial charge in [0.05, 0.1) is 22.2 Å². The minimum atomic E-state index is 0.470. The first-order chi connectivity index (χ1) is 13.1. The van der Waals surface area contributed by atoms with Crippen molar-refractivity contribution in [3.63, 3.8) is 0 Å². The number of fused-ring (bicyclic) bond motifs is 1. The Morgan fingerprint density at radius 3 is 2.78 bits per heavy atom. The van der Waals surface area contributed by atoms with Gasteiger partial charge in [-0.3, -0.25) is 0 Å². The van der Waals surface area contributed by atoms with Crippen LogP contribution < -0.4 is 0 Å². The van der Waals surface area contributed by atoms with Crippen LogP contribution in [0.4, 0.5) is 0 Å². The fraction of sp³-hybridized carbons (Fsp3) is 0.0952. The molecule has 0 aliphatic heterocycles. The van der Waals surface area contributed by atoms with Crippen molar-refractivity contribution in [2.24, 2.45) is 0 Å². The zero-order chi connectivity index (χ0) is 19.0. The van der Waals surface area contributed by atoms with Gasteiger partial charge in [0.1, 0.15) is 23.0 Å². The van der Waals surface area contributed by atoms with Crippen LogP contribution in [0.5, 0.6) is 0 Å². The molecule has 1 aromatic carbocycles. The van der Waals surface area contributed by atoms with E-state index in [0.717, 1.165) is 33.0 Å². The SMILES string of the molecule is Cc1cc(/C=C(\C#N)c2nc3ccccc3[nH]2)c(C)n1-c1sccc1C#N. The summed E-state index contributed by atoms with van der Waals surface area (Å²) in [6, 6.07) is 16.0. The summed E-state index contributed by atoms with van der Waals surface area (Å²) in [5, 5.41) is 21.8. The molecular weight excluding hydrogens is 354 g/mol. The van der Waals surface area contributed by atoms with E-state index in [0.29, 0.717) is 17.0 Å². The van der Waals surface area contributed by atoms with Crippen LogP contribution in [0.15, 0.2) is 41.8 Å². The maximum atomic E-state index is 9.67. The van der Waals surface area contributed by atoms with Crippen LogP contribution in [-0.2, 0) is 0 Å². The molecule has 27 heavy (non-hydrogen) atoms. The van der Waals surface area contributed by atoms with Crippen LogP contribution in [0, 0.1) is 36.5 Å². The number of H-pyrrole nitrogens is 1. The number of imidazole rings is 1. The molecule has 0 aliphatic rings. The molecule has 0 radical (unpaired) electrons. The highest BCUT2D eigenvalue weighted by Gasteiger charge is 2.15. The highest BCUT2D eigenvalue weighted by molar-refractivity contribution is 7.12. The molecule has 4 rings (SSSR count). The lowest BCUT2D eigenvalue weighted by Gasteiger charge is -2.07. The predicted molar refractivity (Wildman–Crippen MR) is 107 cm³/mol. The second-order valence-electron chi connectivity index (χ2n) is 6.19. The molecule has 3 aromatic heterocycles. The molecule has 0 unspecified atom stereocenters. The van der Waals surface area contributed by atoms with Gasteiger partial charge in [-0.05, 0) is 55.1 Å². The van der Waals surface area contributed by atoms with Gasteiger partial charge in [0.25, 0.3) is 0 Å². The van der Waals surface area contributed by atoms with E-state index >= 15 is 0 Å². The Morgan fingerprint density at radius 1 is 1.22 bits per heavy atom. The quantitative estimate of drug-likeness (QED) is 0.518. The van der Waals surface area contributed by atoms with E-state index in [1.54, 1.807) is 0 Å². The lowest BCUT2D eigenvalue weighted by atomic mass is 10.1. The van der Waals surface area contributed by atoms with E-state index in [2.05, 4.69) is 26.7 Å². The fourth-order valence-corrected chi connectivity index (χ4v) is 4.16. The average molecular weight is 369 g/mol. The molecule has 0 saturated carbocycles. The number of aromatic amines is 1. The second kappa shape index (κ2) is 6.60. The first-order valence-corrected chi connectivity index (χ1v) is 9.24. The van der Waals surface area contributed by atoms with Crippen molar-refractivity contribution in [1.82, 2.24) is 14.5 Å². The highest BCUT2D eigenvalue weighted by atomic mass is 32.1. The standard InChI is InChI=1S/C21H15N5S/c1-13-9-16(14(2)26(13)21-15(11-22)7-8-27-21)10-17(12-23)20-24-18-5-3-4-6-19(18)25-20/h3-10H,1-2H3,(H,24,25)/b17-10+. The summed E-state index contributed by atoms with van der Waals surface area (Å²) in [5.74, 6) is 0.553. The molecule has 0 aliphatic carbocycles.